The number of hydrogen-bond donors (Lipinski definition) is 3. The monoisotopic (exact) mass is 305 g/mol. The minimum absolute atomic E-state index is 0.0794. The van der Waals surface area contributed by atoms with Crippen molar-refractivity contribution < 1.29 is 14.9 Å². The van der Waals surface area contributed by atoms with Crippen molar-refractivity contribution in [2.45, 2.75) is 19.8 Å². The van der Waals surface area contributed by atoms with E-state index in [2.05, 4.69) is 15.0 Å². The highest BCUT2D eigenvalue weighted by molar-refractivity contribution is 5.79. The molecule has 0 amide bonds. The molecule has 118 valence electrons. The second-order valence-corrected chi connectivity index (χ2v) is 5.49. The number of nitrogen functional groups attached to an aromatic ring is 1. The van der Waals surface area contributed by atoms with Gasteiger partial charge in [-0.2, -0.15) is 9.97 Å². The van der Waals surface area contributed by atoms with Gasteiger partial charge in [0.25, 0.3) is 0 Å². The van der Waals surface area contributed by atoms with E-state index in [0.717, 1.165) is 12.0 Å². The van der Waals surface area contributed by atoms with Crippen molar-refractivity contribution >= 4 is 23.3 Å². The third-order valence-corrected chi connectivity index (χ3v) is 3.83. The molecule has 1 saturated carbocycles. The van der Waals surface area contributed by atoms with Gasteiger partial charge in [0.1, 0.15) is 6.33 Å². The summed E-state index contributed by atoms with van der Waals surface area (Å²) in [5, 5.41) is 18.7. The second-order valence-electron chi connectivity index (χ2n) is 5.49. The first kappa shape index (κ1) is 14.7. The molecule has 1 fully saturated rings. The Balaban J connectivity index is 1.99. The lowest BCUT2D eigenvalue weighted by molar-refractivity contribution is 0.143. The molecule has 0 spiro atoms. The van der Waals surface area contributed by atoms with E-state index in [-0.39, 0.29) is 19.2 Å². The lowest BCUT2D eigenvalue weighted by Crippen LogP contribution is -2.12. The van der Waals surface area contributed by atoms with Crippen molar-refractivity contribution in [2.24, 2.45) is 5.41 Å². The Morgan fingerprint density at radius 2 is 2.18 bits per heavy atom. The molecule has 2 heterocycles. The van der Waals surface area contributed by atoms with E-state index >= 15 is 0 Å². The number of aliphatic hydroxyl groups excluding tert-OH is 2. The summed E-state index contributed by atoms with van der Waals surface area (Å²) in [7, 11) is 0. The van der Waals surface area contributed by atoms with Crippen molar-refractivity contribution in [1.82, 2.24) is 19.5 Å². The van der Waals surface area contributed by atoms with Crippen LogP contribution in [0, 0.1) is 5.41 Å². The molecule has 1 aliphatic rings. The summed E-state index contributed by atoms with van der Waals surface area (Å²) in [5.41, 5.74) is 7.25. The van der Waals surface area contributed by atoms with E-state index in [1.807, 2.05) is 13.1 Å². The Morgan fingerprint density at radius 1 is 1.41 bits per heavy atom. The predicted molar refractivity (Wildman–Crippen MR) is 81.0 cm³/mol. The van der Waals surface area contributed by atoms with Gasteiger partial charge in [-0.05, 0) is 18.4 Å². The van der Waals surface area contributed by atoms with Crippen LogP contribution in [0.5, 0.6) is 5.88 Å². The molecule has 2 aromatic heterocycles. The van der Waals surface area contributed by atoms with Crippen LogP contribution in [0.3, 0.4) is 0 Å². The number of hydrogen-bond acceptors (Lipinski definition) is 7. The molecule has 22 heavy (non-hydrogen) atoms. The van der Waals surface area contributed by atoms with Crippen molar-refractivity contribution in [1.29, 1.82) is 0 Å². The van der Waals surface area contributed by atoms with Crippen LogP contribution in [-0.4, -0.2) is 49.6 Å². The van der Waals surface area contributed by atoms with E-state index in [1.54, 1.807) is 10.9 Å². The number of nitrogens with zero attached hydrogens (tertiary/aromatic N) is 4. The summed E-state index contributed by atoms with van der Waals surface area (Å²) in [4.78, 5) is 12.6. The van der Waals surface area contributed by atoms with Crippen LogP contribution in [0.2, 0.25) is 0 Å². The first-order valence-electron chi connectivity index (χ1n) is 7.19. The molecule has 8 heteroatoms. The molecular formula is C14H19N5O3. The Bertz CT molecular complexity index is 721. The standard InChI is InChI=1S/C14H19N5O3/c1-2-3-22-12-10-11(17-13(15)18-12)19(8-16-10)5-9-4-14(9,6-20)7-21/h5,8,20-21H,2-4,6-7H2,1H3,(H2,15,17,18)/b9-5-. The van der Waals surface area contributed by atoms with Crippen molar-refractivity contribution in [2.75, 3.05) is 25.6 Å². The number of aliphatic hydroxyl groups is 2. The number of aromatic nitrogens is 4. The normalized spacial score (nSPS) is 18.0. The van der Waals surface area contributed by atoms with Gasteiger partial charge < -0.3 is 20.7 Å². The number of fused-ring (bicyclic) bond motifs is 1. The smallest absolute Gasteiger partial charge is 0.247 e. The molecule has 0 radical (unpaired) electrons. The molecule has 0 atom stereocenters. The zero-order valence-electron chi connectivity index (χ0n) is 12.4. The van der Waals surface area contributed by atoms with Crippen molar-refractivity contribution in [3.05, 3.63) is 11.9 Å². The summed E-state index contributed by atoms with van der Waals surface area (Å²) in [6.45, 7) is 2.37. The minimum atomic E-state index is -0.517. The van der Waals surface area contributed by atoms with E-state index in [9.17, 15) is 10.2 Å². The molecule has 0 bridgehead atoms. The van der Waals surface area contributed by atoms with E-state index in [1.165, 1.54) is 0 Å². The maximum atomic E-state index is 9.36. The van der Waals surface area contributed by atoms with Crippen LogP contribution in [-0.2, 0) is 0 Å². The van der Waals surface area contributed by atoms with Gasteiger partial charge >= 0.3 is 0 Å². The summed E-state index contributed by atoms with van der Waals surface area (Å²) in [5.74, 6) is 0.484. The molecule has 0 unspecified atom stereocenters. The molecule has 0 saturated heterocycles. The van der Waals surface area contributed by atoms with Crippen LogP contribution < -0.4 is 10.5 Å². The van der Waals surface area contributed by atoms with Crippen LogP contribution in [0.1, 0.15) is 19.8 Å². The summed E-state index contributed by atoms with van der Waals surface area (Å²) < 4.78 is 7.28. The second kappa shape index (κ2) is 5.54. The van der Waals surface area contributed by atoms with Gasteiger partial charge in [-0.1, -0.05) is 6.92 Å². The fraction of sp³-hybridized carbons (Fsp3) is 0.500. The van der Waals surface area contributed by atoms with Gasteiger partial charge in [0, 0.05) is 11.6 Å². The Hall–Kier alpha value is -2.19. The lowest BCUT2D eigenvalue weighted by atomic mass is 10.1. The largest absolute Gasteiger partial charge is 0.476 e. The first-order chi connectivity index (χ1) is 10.6. The molecule has 0 aromatic carbocycles. The van der Waals surface area contributed by atoms with E-state index in [0.29, 0.717) is 30.1 Å². The zero-order valence-corrected chi connectivity index (χ0v) is 12.4. The van der Waals surface area contributed by atoms with Crippen molar-refractivity contribution in [3.63, 3.8) is 0 Å². The average Bonchev–Trinajstić information content (AvgIpc) is 3.09. The lowest BCUT2D eigenvalue weighted by Gasteiger charge is -2.06. The summed E-state index contributed by atoms with van der Waals surface area (Å²) in [6.07, 6.45) is 4.92. The first-order valence-corrected chi connectivity index (χ1v) is 7.19. The topological polar surface area (TPSA) is 119 Å². The highest BCUT2D eigenvalue weighted by Crippen LogP contribution is 2.51. The quantitative estimate of drug-likeness (QED) is 0.707. The fourth-order valence-electron chi connectivity index (χ4n) is 2.34. The van der Waals surface area contributed by atoms with Crippen molar-refractivity contribution in [3.8, 4) is 5.88 Å². The van der Waals surface area contributed by atoms with Gasteiger partial charge in [0.05, 0.1) is 19.8 Å². The number of nitrogens with two attached hydrogens (primary N) is 1. The predicted octanol–water partition coefficient (Wildman–Crippen LogP) is 0.413. The minimum Gasteiger partial charge on any atom is -0.476 e. The number of ether oxygens (including phenoxy) is 1. The summed E-state index contributed by atoms with van der Waals surface area (Å²) in [6, 6.07) is 0. The Morgan fingerprint density at radius 3 is 2.82 bits per heavy atom. The number of imidazole rings is 1. The third kappa shape index (κ3) is 2.40. The maximum absolute atomic E-state index is 9.36. The number of anilines is 1. The molecule has 8 nitrogen and oxygen atoms in total. The van der Waals surface area contributed by atoms with E-state index < -0.39 is 5.41 Å². The fourth-order valence-corrected chi connectivity index (χ4v) is 2.34. The number of rotatable bonds is 6. The molecule has 2 aromatic rings. The van der Waals surface area contributed by atoms with Gasteiger partial charge in [-0.3, -0.25) is 4.57 Å². The average molecular weight is 305 g/mol. The van der Waals surface area contributed by atoms with Crippen LogP contribution in [0.15, 0.2) is 11.9 Å². The molecule has 3 rings (SSSR count). The van der Waals surface area contributed by atoms with Gasteiger partial charge in [0.2, 0.25) is 11.8 Å². The van der Waals surface area contributed by atoms with Crippen LogP contribution in [0.25, 0.3) is 17.4 Å². The van der Waals surface area contributed by atoms with Gasteiger partial charge in [0.15, 0.2) is 11.2 Å². The summed E-state index contributed by atoms with van der Waals surface area (Å²) >= 11 is 0. The molecule has 4 N–H and O–H groups in total. The zero-order chi connectivity index (χ0) is 15.7. The van der Waals surface area contributed by atoms with Crippen LogP contribution in [0.4, 0.5) is 5.95 Å². The molecular weight excluding hydrogens is 286 g/mol. The highest BCUT2D eigenvalue weighted by Gasteiger charge is 2.48. The highest BCUT2D eigenvalue weighted by atomic mass is 16.5. The molecule has 0 aliphatic heterocycles. The van der Waals surface area contributed by atoms with Gasteiger partial charge in [-0.15, -0.1) is 0 Å². The SMILES string of the molecule is CCCOc1nc(N)nc2c1ncn2/C=C1/CC1(CO)CO. The Kier molecular flexibility index (Phi) is 3.71. The Labute approximate surface area is 127 Å². The molecule has 1 aliphatic carbocycles. The third-order valence-electron chi connectivity index (χ3n) is 3.83. The van der Waals surface area contributed by atoms with Crippen LogP contribution >= 0.6 is 0 Å². The van der Waals surface area contributed by atoms with E-state index in [4.69, 9.17) is 10.5 Å². The van der Waals surface area contributed by atoms with Gasteiger partial charge in [-0.25, -0.2) is 4.98 Å². The maximum Gasteiger partial charge on any atom is 0.247 e.